The Hall–Kier alpha value is -1.78. The summed E-state index contributed by atoms with van der Waals surface area (Å²) in [7, 11) is 0. The molecule has 0 fully saturated rings. The summed E-state index contributed by atoms with van der Waals surface area (Å²) in [6.45, 7) is 0.553. The molecule has 0 saturated heterocycles. The molecule has 3 nitrogen and oxygen atoms in total. The Labute approximate surface area is 109 Å². The van der Waals surface area contributed by atoms with E-state index in [1.807, 2.05) is 6.07 Å². The van der Waals surface area contributed by atoms with Crippen LogP contribution in [0.3, 0.4) is 0 Å². The normalized spacial score (nSPS) is 12.7. The fourth-order valence-electron chi connectivity index (χ4n) is 2.18. The van der Waals surface area contributed by atoms with E-state index >= 15 is 0 Å². The van der Waals surface area contributed by atoms with Crippen LogP contribution in [0.4, 0.5) is 0 Å². The smallest absolute Gasteiger partial charge is 0.115 e. The minimum Gasteiger partial charge on any atom is -0.329 e. The maximum Gasteiger partial charge on any atom is 0.115 e. The van der Waals surface area contributed by atoms with Crippen LogP contribution in [-0.2, 0) is 0 Å². The van der Waals surface area contributed by atoms with E-state index in [4.69, 9.17) is 5.73 Å². The van der Waals surface area contributed by atoms with Crippen molar-refractivity contribution < 1.29 is 0 Å². The van der Waals surface area contributed by atoms with Gasteiger partial charge in [-0.2, -0.15) is 0 Å². The molecule has 0 spiro atoms. The number of nitrogens with zero attached hydrogens (tertiary/aromatic N) is 2. The third-order valence-corrected chi connectivity index (χ3v) is 4.07. The SMILES string of the molecule is NCC(c1ccncn1)c1csc2ccccc12. The lowest BCUT2D eigenvalue weighted by atomic mass is 9.95. The van der Waals surface area contributed by atoms with Crippen LogP contribution < -0.4 is 5.73 Å². The van der Waals surface area contributed by atoms with Crippen molar-refractivity contribution in [2.45, 2.75) is 5.92 Å². The van der Waals surface area contributed by atoms with E-state index in [2.05, 4.69) is 39.6 Å². The second-order valence-corrected chi connectivity index (χ2v) is 5.02. The standard InChI is InChI=1S/C14H13N3S/c15-7-11(13-5-6-16-9-17-13)12-8-18-14-4-2-1-3-10(12)14/h1-6,8-9,11H,7,15H2. The van der Waals surface area contributed by atoms with Gasteiger partial charge in [0.1, 0.15) is 6.33 Å². The molecule has 2 heterocycles. The first kappa shape index (κ1) is 11.3. The van der Waals surface area contributed by atoms with Gasteiger partial charge in [-0.1, -0.05) is 18.2 Å². The molecule has 0 amide bonds. The molecule has 0 aliphatic rings. The Kier molecular flexibility index (Phi) is 3.04. The summed E-state index contributed by atoms with van der Waals surface area (Å²) in [6, 6.07) is 10.3. The predicted molar refractivity (Wildman–Crippen MR) is 74.8 cm³/mol. The van der Waals surface area contributed by atoms with Gasteiger partial charge in [-0.15, -0.1) is 11.3 Å². The molecule has 1 atom stereocenters. The maximum absolute atomic E-state index is 5.93. The molecular formula is C14H13N3S. The zero-order chi connectivity index (χ0) is 12.4. The van der Waals surface area contributed by atoms with Gasteiger partial charge in [0, 0.05) is 23.4 Å². The first-order valence-corrected chi connectivity index (χ1v) is 6.70. The molecule has 2 N–H and O–H groups in total. The van der Waals surface area contributed by atoms with E-state index in [1.165, 1.54) is 15.6 Å². The van der Waals surface area contributed by atoms with E-state index < -0.39 is 0 Å². The minimum absolute atomic E-state index is 0.143. The number of fused-ring (bicyclic) bond motifs is 1. The number of aromatic nitrogens is 2. The molecule has 3 rings (SSSR count). The summed E-state index contributed by atoms with van der Waals surface area (Å²) >= 11 is 1.75. The highest BCUT2D eigenvalue weighted by molar-refractivity contribution is 7.17. The fourth-order valence-corrected chi connectivity index (χ4v) is 3.20. The molecule has 0 aliphatic carbocycles. The Morgan fingerprint density at radius 1 is 1.22 bits per heavy atom. The highest BCUT2D eigenvalue weighted by Gasteiger charge is 2.17. The topological polar surface area (TPSA) is 51.8 Å². The quantitative estimate of drug-likeness (QED) is 0.783. The molecule has 0 bridgehead atoms. The third kappa shape index (κ3) is 1.89. The molecule has 0 radical (unpaired) electrons. The van der Waals surface area contributed by atoms with E-state index in [0.29, 0.717) is 6.54 Å². The van der Waals surface area contributed by atoms with Gasteiger partial charge in [-0.3, -0.25) is 0 Å². The summed E-state index contributed by atoms with van der Waals surface area (Å²) in [5.41, 5.74) is 8.17. The van der Waals surface area contributed by atoms with E-state index in [-0.39, 0.29) is 5.92 Å². The van der Waals surface area contributed by atoms with Crippen LogP contribution in [0.2, 0.25) is 0 Å². The molecule has 0 saturated carbocycles. The van der Waals surface area contributed by atoms with Crippen molar-refractivity contribution >= 4 is 21.4 Å². The molecule has 18 heavy (non-hydrogen) atoms. The van der Waals surface area contributed by atoms with Gasteiger partial charge in [-0.05, 0) is 28.5 Å². The van der Waals surface area contributed by atoms with Gasteiger partial charge in [-0.25, -0.2) is 9.97 Å². The first-order valence-electron chi connectivity index (χ1n) is 5.82. The zero-order valence-corrected chi connectivity index (χ0v) is 10.6. The molecule has 2 aromatic heterocycles. The number of hydrogen-bond donors (Lipinski definition) is 1. The van der Waals surface area contributed by atoms with Crippen molar-refractivity contribution in [3.8, 4) is 0 Å². The molecule has 3 aromatic rings. The van der Waals surface area contributed by atoms with Crippen molar-refractivity contribution in [2.24, 2.45) is 5.73 Å². The van der Waals surface area contributed by atoms with Gasteiger partial charge < -0.3 is 5.73 Å². The molecule has 1 unspecified atom stereocenters. The Morgan fingerprint density at radius 2 is 2.11 bits per heavy atom. The summed E-state index contributed by atoms with van der Waals surface area (Å²) in [6.07, 6.45) is 3.34. The summed E-state index contributed by atoms with van der Waals surface area (Å²) in [5, 5.41) is 3.46. The first-order chi connectivity index (χ1) is 8.90. The van der Waals surface area contributed by atoms with Crippen molar-refractivity contribution in [1.82, 2.24) is 9.97 Å². The molecular weight excluding hydrogens is 242 g/mol. The number of rotatable bonds is 3. The van der Waals surface area contributed by atoms with Gasteiger partial charge in [0.05, 0.1) is 5.69 Å². The van der Waals surface area contributed by atoms with Crippen molar-refractivity contribution in [3.05, 3.63) is 59.5 Å². The highest BCUT2D eigenvalue weighted by Crippen LogP contribution is 2.33. The Morgan fingerprint density at radius 3 is 2.89 bits per heavy atom. The summed E-state index contributed by atoms with van der Waals surface area (Å²) in [5.74, 6) is 0.143. The monoisotopic (exact) mass is 255 g/mol. The van der Waals surface area contributed by atoms with Gasteiger partial charge >= 0.3 is 0 Å². The average molecular weight is 255 g/mol. The minimum atomic E-state index is 0.143. The van der Waals surface area contributed by atoms with E-state index in [9.17, 15) is 0 Å². The highest BCUT2D eigenvalue weighted by atomic mass is 32.1. The fraction of sp³-hybridized carbons (Fsp3) is 0.143. The number of nitrogens with two attached hydrogens (primary N) is 1. The average Bonchev–Trinajstić information content (AvgIpc) is 2.85. The number of thiophene rings is 1. The lowest BCUT2D eigenvalue weighted by molar-refractivity contribution is 0.789. The lowest BCUT2D eigenvalue weighted by Gasteiger charge is -2.13. The van der Waals surface area contributed by atoms with Crippen LogP contribution in [0.25, 0.3) is 10.1 Å². The van der Waals surface area contributed by atoms with Crippen molar-refractivity contribution in [1.29, 1.82) is 0 Å². The lowest BCUT2D eigenvalue weighted by Crippen LogP contribution is -2.14. The maximum atomic E-state index is 5.93. The van der Waals surface area contributed by atoms with Crippen LogP contribution in [-0.4, -0.2) is 16.5 Å². The predicted octanol–water partition coefficient (Wildman–Crippen LogP) is 2.78. The van der Waals surface area contributed by atoms with Gasteiger partial charge in [0.2, 0.25) is 0 Å². The second kappa shape index (κ2) is 4.84. The van der Waals surface area contributed by atoms with E-state index in [1.54, 1.807) is 23.9 Å². The third-order valence-electron chi connectivity index (χ3n) is 3.08. The summed E-state index contributed by atoms with van der Waals surface area (Å²) < 4.78 is 1.29. The van der Waals surface area contributed by atoms with Gasteiger partial charge in [0.25, 0.3) is 0 Å². The van der Waals surface area contributed by atoms with Crippen molar-refractivity contribution in [3.63, 3.8) is 0 Å². The summed E-state index contributed by atoms with van der Waals surface area (Å²) in [4.78, 5) is 8.28. The molecule has 0 aliphatic heterocycles. The Bertz CT molecular complexity index is 648. The largest absolute Gasteiger partial charge is 0.329 e. The van der Waals surface area contributed by atoms with Crippen LogP contribution in [0.15, 0.2) is 48.2 Å². The van der Waals surface area contributed by atoms with Crippen LogP contribution in [0.5, 0.6) is 0 Å². The zero-order valence-electron chi connectivity index (χ0n) is 9.78. The number of benzene rings is 1. The van der Waals surface area contributed by atoms with Crippen LogP contribution in [0, 0.1) is 0 Å². The van der Waals surface area contributed by atoms with Crippen LogP contribution in [0.1, 0.15) is 17.2 Å². The van der Waals surface area contributed by atoms with Gasteiger partial charge in [0.15, 0.2) is 0 Å². The molecule has 4 heteroatoms. The van der Waals surface area contributed by atoms with Crippen LogP contribution >= 0.6 is 11.3 Å². The van der Waals surface area contributed by atoms with E-state index in [0.717, 1.165) is 5.69 Å². The Balaban J connectivity index is 2.12. The number of hydrogen-bond acceptors (Lipinski definition) is 4. The van der Waals surface area contributed by atoms with Crippen molar-refractivity contribution in [2.75, 3.05) is 6.54 Å². The molecule has 1 aromatic carbocycles. The molecule has 90 valence electrons. The second-order valence-electron chi connectivity index (χ2n) is 4.11.